The second-order valence-electron chi connectivity index (χ2n) is 7.19. The lowest BCUT2D eigenvalue weighted by atomic mass is 9.88. The molecule has 1 atom stereocenters. The van der Waals surface area contributed by atoms with Crippen molar-refractivity contribution in [1.29, 1.82) is 0 Å². The second-order valence-corrected chi connectivity index (χ2v) is 7.19. The van der Waals surface area contributed by atoms with Crippen LogP contribution in [0.1, 0.15) is 64.8 Å². The van der Waals surface area contributed by atoms with Crippen molar-refractivity contribution in [1.82, 2.24) is 5.32 Å². The summed E-state index contributed by atoms with van der Waals surface area (Å²) in [5, 5.41) is 3.21. The number of rotatable bonds is 7. The molecule has 2 aromatic rings. The quantitative estimate of drug-likeness (QED) is 0.688. The van der Waals surface area contributed by atoms with Crippen LogP contribution in [0.3, 0.4) is 0 Å². The summed E-state index contributed by atoms with van der Waals surface area (Å²) in [6.07, 6.45) is 8.23. The van der Waals surface area contributed by atoms with Crippen molar-refractivity contribution in [2.24, 2.45) is 0 Å². The number of carbonyl (C=O) groups excluding carboxylic acids is 1. The SMILES string of the molecule is C=CCc1cc(C(=O)N[C@H](CC)c2ccc3c(c2)CCCC3)ccc1OC. The van der Waals surface area contributed by atoms with Gasteiger partial charge in [-0.2, -0.15) is 0 Å². The largest absolute Gasteiger partial charge is 0.496 e. The molecule has 3 rings (SSSR count). The summed E-state index contributed by atoms with van der Waals surface area (Å²) >= 11 is 0. The molecule has 0 aliphatic heterocycles. The van der Waals surface area contributed by atoms with E-state index in [2.05, 4.69) is 37.0 Å². The molecule has 1 amide bonds. The number of fused-ring (bicyclic) bond motifs is 1. The fourth-order valence-corrected chi connectivity index (χ4v) is 3.87. The molecule has 0 spiro atoms. The van der Waals surface area contributed by atoms with Crippen LogP contribution >= 0.6 is 0 Å². The van der Waals surface area contributed by atoms with Crippen molar-refractivity contribution < 1.29 is 9.53 Å². The molecule has 2 aromatic carbocycles. The van der Waals surface area contributed by atoms with Crippen LogP contribution in [0.4, 0.5) is 0 Å². The van der Waals surface area contributed by atoms with Crippen LogP contribution in [0, 0.1) is 0 Å². The van der Waals surface area contributed by atoms with Gasteiger partial charge >= 0.3 is 0 Å². The maximum Gasteiger partial charge on any atom is 0.251 e. The molecule has 1 N–H and O–H groups in total. The first-order valence-electron chi connectivity index (χ1n) is 9.86. The highest BCUT2D eigenvalue weighted by Gasteiger charge is 2.18. The van der Waals surface area contributed by atoms with E-state index in [1.165, 1.54) is 36.0 Å². The Labute approximate surface area is 162 Å². The van der Waals surface area contributed by atoms with Crippen molar-refractivity contribution in [3.63, 3.8) is 0 Å². The van der Waals surface area contributed by atoms with Crippen molar-refractivity contribution in [3.05, 3.63) is 76.9 Å². The minimum absolute atomic E-state index is 0.0229. The molecule has 0 saturated carbocycles. The van der Waals surface area contributed by atoms with Gasteiger partial charge in [0.25, 0.3) is 5.91 Å². The molecule has 142 valence electrons. The number of allylic oxidation sites excluding steroid dienone is 1. The van der Waals surface area contributed by atoms with E-state index in [1.807, 2.05) is 24.3 Å². The van der Waals surface area contributed by atoms with E-state index in [-0.39, 0.29) is 11.9 Å². The Hall–Kier alpha value is -2.55. The zero-order valence-corrected chi connectivity index (χ0v) is 16.4. The van der Waals surface area contributed by atoms with Gasteiger partial charge in [0.05, 0.1) is 13.2 Å². The molecule has 3 heteroatoms. The van der Waals surface area contributed by atoms with Gasteiger partial charge in [0.1, 0.15) is 5.75 Å². The van der Waals surface area contributed by atoms with Crippen LogP contribution in [-0.2, 0) is 19.3 Å². The van der Waals surface area contributed by atoms with Crippen LogP contribution in [0.15, 0.2) is 49.1 Å². The number of amides is 1. The van der Waals surface area contributed by atoms with E-state index < -0.39 is 0 Å². The first-order chi connectivity index (χ1) is 13.2. The molecule has 0 fully saturated rings. The van der Waals surface area contributed by atoms with Crippen molar-refractivity contribution >= 4 is 5.91 Å². The van der Waals surface area contributed by atoms with Gasteiger partial charge in [-0.3, -0.25) is 4.79 Å². The average molecular weight is 364 g/mol. The minimum Gasteiger partial charge on any atom is -0.496 e. The third kappa shape index (κ3) is 4.41. The van der Waals surface area contributed by atoms with Gasteiger partial charge in [-0.05, 0) is 79.0 Å². The van der Waals surface area contributed by atoms with E-state index in [9.17, 15) is 4.79 Å². The second kappa shape index (κ2) is 8.90. The van der Waals surface area contributed by atoms with Crippen LogP contribution in [0.5, 0.6) is 5.75 Å². The predicted molar refractivity (Wildman–Crippen MR) is 110 cm³/mol. The van der Waals surface area contributed by atoms with E-state index in [0.717, 1.165) is 24.2 Å². The number of nitrogens with one attached hydrogen (secondary N) is 1. The van der Waals surface area contributed by atoms with Gasteiger partial charge in [0.15, 0.2) is 0 Å². The molecule has 0 unspecified atom stereocenters. The summed E-state index contributed by atoms with van der Waals surface area (Å²) in [4.78, 5) is 12.9. The molecule has 3 nitrogen and oxygen atoms in total. The number of benzene rings is 2. The van der Waals surface area contributed by atoms with Gasteiger partial charge in [-0.1, -0.05) is 31.2 Å². The number of aryl methyl sites for hydroxylation is 2. The third-order valence-electron chi connectivity index (χ3n) is 5.40. The van der Waals surface area contributed by atoms with Crippen LogP contribution < -0.4 is 10.1 Å². The number of methoxy groups -OCH3 is 1. The monoisotopic (exact) mass is 363 g/mol. The maximum atomic E-state index is 12.9. The van der Waals surface area contributed by atoms with Gasteiger partial charge in [-0.25, -0.2) is 0 Å². The lowest BCUT2D eigenvalue weighted by Crippen LogP contribution is -2.28. The lowest BCUT2D eigenvalue weighted by molar-refractivity contribution is 0.0935. The van der Waals surface area contributed by atoms with Crippen LogP contribution in [0.2, 0.25) is 0 Å². The van der Waals surface area contributed by atoms with Crippen molar-refractivity contribution in [3.8, 4) is 5.75 Å². The molecule has 27 heavy (non-hydrogen) atoms. The molecule has 1 aliphatic carbocycles. The summed E-state index contributed by atoms with van der Waals surface area (Å²) in [5.74, 6) is 0.737. The molecule has 0 bridgehead atoms. The maximum absolute atomic E-state index is 12.9. The Morgan fingerprint density at radius 1 is 1.19 bits per heavy atom. The van der Waals surface area contributed by atoms with Gasteiger partial charge in [-0.15, -0.1) is 6.58 Å². The normalized spacial score (nSPS) is 14.1. The standard InChI is InChI=1S/C24H29NO2/c1-4-8-20-16-21(13-14-23(20)27-3)24(26)25-22(5-2)19-12-11-17-9-6-7-10-18(17)15-19/h4,11-16,22H,1,5-10H2,2-3H3,(H,25,26)/t22-/m1/s1. The average Bonchev–Trinajstić information content (AvgIpc) is 2.71. The summed E-state index contributed by atoms with van der Waals surface area (Å²) in [6, 6.07) is 12.3. The highest BCUT2D eigenvalue weighted by Crippen LogP contribution is 2.27. The van der Waals surface area contributed by atoms with Gasteiger partial charge in [0.2, 0.25) is 0 Å². The Morgan fingerprint density at radius 3 is 2.67 bits per heavy atom. The smallest absolute Gasteiger partial charge is 0.251 e. The molecule has 1 aliphatic rings. The fraction of sp³-hybridized carbons (Fsp3) is 0.375. The van der Waals surface area contributed by atoms with E-state index in [0.29, 0.717) is 12.0 Å². The fourth-order valence-electron chi connectivity index (χ4n) is 3.87. The number of ether oxygens (including phenoxy) is 1. The Kier molecular flexibility index (Phi) is 6.33. The van der Waals surface area contributed by atoms with E-state index in [4.69, 9.17) is 4.74 Å². The van der Waals surface area contributed by atoms with Crippen molar-refractivity contribution in [2.75, 3.05) is 7.11 Å². The van der Waals surface area contributed by atoms with E-state index in [1.54, 1.807) is 7.11 Å². The zero-order valence-electron chi connectivity index (χ0n) is 16.4. The van der Waals surface area contributed by atoms with Gasteiger partial charge in [0, 0.05) is 5.56 Å². The van der Waals surface area contributed by atoms with Crippen LogP contribution in [0.25, 0.3) is 0 Å². The summed E-state index contributed by atoms with van der Waals surface area (Å²) in [5.41, 5.74) is 5.75. The minimum atomic E-state index is -0.0486. The first kappa shape index (κ1) is 19.2. The molecular weight excluding hydrogens is 334 g/mol. The summed E-state index contributed by atoms with van der Waals surface area (Å²) in [6.45, 7) is 5.90. The molecule has 0 saturated heterocycles. The van der Waals surface area contributed by atoms with Crippen molar-refractivity contribution in [2.45, 2.75) is 51.5 Å². The highest BCUT2D eigenvalue weighted by molar-refractivity contribution is 5.94. The zero-order chi connectivity index (χ0) is 19.2. The van der Waals surface area contributed by atoms with E-state index >= 15 is 0 Å². The Morgan fingerprint density at radius 2 is 1.96 bits per heavy atom. The van der Waals surface area contributed by atoms with Gasteiger partial charge < -0.3 is 10.1 Å². The first-order valence-corrected chi connectivity index (χ1v) is 9.86. The van der Waals surface area contributed by atoms with Crippen LogP contribution in [-0.4, -0.2) is 13.0 Å². The molecule has 0 heterocycles. The summed E-state index contributed by atoms with van der Waals surface area (Å²) < 4.78 is 5.38. The lowest BCUT2D eigenvalue weighted by Gasteiger charge is -2.22. The Balaban J connectivity index is 1.79. The topological polar surface area (TPSA) is 38.3 Å². The Bertz CT molecular complexity index is 825. The predicted octanol–water partition coefficient (Wildman–Crippen LogP) is 5.18. The third-order valence-corrected chi connectivity index (χ3v) is 5.40. The number of hydrogen-bond donors (Lipinski definition) is 1. The number of carbonyl (C=O) groups is 1. The highest BCUT2D eigenvalue weighted by atomic mass is 16.5. The summed E-state index contributed by atoms with van der Waals surface area (Å²) in [7, 11) is 1.64. The molecular formula is C24H29NO2. The molecule has 0 radical (unpaired) electrons. The molecule has 0 aromatic heterocycles. The number of hydrogen-bond acceptors (Lipinski definition) is 2.